The van der Waals surface area contributed by atoms with Crippen molar-refractivity contribution in [3.63, 3.8) is 0 Å². The van der Waals surface area contributed by atoms with Crippen molar-refractivity contribution in [2.75, 3.05) is 6.61 Å². The van der Waals surface area contributed by atoms with Gasteiger partial charge in [0, 0.05) is 28.0 Å². The molecule has 0 fully saturated rings. The van der Waals surface area contributed by atoms with Gasteiger partial charge in [0.15, 0.2) is 12.3 Å². The fourth-order valence-electron chi connectivity index (χ4n) is 4.10. The Balaban J connectivity index is 1.47. The SMILES string of the molecule is CCc1cccc2c(C(=O)COC(=O)c3nn(-c4ccccc4)c(=O)c4ccccc34)c[nH]c12. The molecule has 0 radical (unpaired) electrons. The first-order valence-corrected chi connectivity index (χ1v) is 10.9. The molecule has 0 aliphatic carbocycles. The van der Waals surface area contributed by atoms with Gasteiger partial charge in [0.25, 0.3) is 5.56 Å². The smallest absolute Gasteiger partial charge is 0.359 e. The average molecular weight is 451 g/mol. The highest BCUT2D eigenvalue weighted by Gasteiger charge is 2.21. The molecular formula is C27H21N3O4. The number of aromatic amines is 1. The second-order valence-electron chi connectivity index (χ2n) is 7.84. The number of hydrogen-bond acceptors (Lipinski definition) is 5. The lowest BCUT2D eigenvalue weighted by Gasteiger charge is -2.10. The number of rotatable bonds is 6. The number of nitrogens with zero attached hydrogens (tertiary/aromatic N) is 2. The number of nitrogens with one attached hydrogen (secondary N) is 1. The number of carbonyl (C=O) groups excluding carboxylic acids is 2. The molecule has 0 aliphatic heterocycles. The first-order valence-electron chi connectivity index (χ1n) is 10.9. The van der Waals surface area contributed by atoms with Gasteiger partial charge in [-0.1, -0.05) is 61.5 Å². The van der Waals surface area contributed by atoms with Crippen molar-refractivity contribution in [3.05, 3.63) is 106 Å². The Hall–Kier alpha value is -4.52. The summed E-state index contributed by atoms with van der Waals surface area (Å²) in [6.07, 6.45) is 2.47. The number of fused-ring (bicyclic) bond motifs is 2. The minimum atomic E-state index is -0.775. The second-order valence-corrected chi connectivity index (χ2v) is 7.84. The fourth-order valence-corrected chi connectivity index (χ4v) is 4.10. The molecule has 0 amide bonds. The molecule has 0 unspecified atom stereocenters. The highest BCUT2D eigenvalue weighted by Crippen LogP contribution is 2.23. The zero-order chi connectivity index (χ0) is 23.7. The zero-order valence-electron chi connectivity index (χ0n) is 18.4. The molecule has 1 N–H and O–H groups in total. The summed E-state index contributed by atoms with van der Waals surface area (Å²) in [6.45, 7) is 1.60. The summed E-state index contributed by atoms with van der Waals surface area (Å²) in [5.74, 6) is -1.10. The normalized spacial score (nSPS) is 11.1. The highest BCUT2D eigenvalue weighted by atomic mass is 16.5. The third kappa shape index (κ3) is 3.67. The van der Waals surface area contributed by atoms with Gasteiger partial charge in [-0.25, -0.2) is 4.79 Å². The van der Waals surface area contributed by atoms with E-state index in [2.05, 4.69) is 10.1 Å². The van der Waals surface area contributed by atoms with Crippen molar-refractivity contribution < 1.29 is 14.3 Å². The molecule has 0 aliphatic rings. The van der Waals surface area contributed by atoms with Crippen LogP contribution in [0.1, 0.15) is 33.3 Å². The summed E-state index contributed by atoms with van der Waals surface area (Å²) in [7, 11) is 0. The van der Waals surface area contributed by atoms with E-state index in [-0.39, 0.29) is 17.0 Å². The molecule has 5 aromatic rings. The molecule has 2 aromatic heterocycles. The van der Waals surface area contributed by atoms with Gasteiger partial charge < -0.3 is 9.72 Å². The van der Waals surface area contributed by atoms with Crippen LogP contribution in [0.5, 0.6) is 0 Å². The lowest BCUT2D eigenvalue weighted by Crippen LogP contribution is -2.25. The van der Waals surface area contributed by atoms with Gasteiger partial charge in [-0.3, -0.25) is 9.59 Å². The van der Waals surface area contributed by atoms with Gasteiger partial charge in [-0.15, -0.1) is 0 Å². The topological polar surface area (TPSA) is 94.1 Å². The number of H-pyrrole nitrogens is 1. The largest absolute Gasteiger partial charge is 0.452 e. The third-order valence-corrected chi connectivity index (χ3v) is 5.82. The second kappa shape index (κ2) is 8.78. The Morgan fingerprint density at radius 2 is 1.62 bits per heavy atom. The number of esters is 1. The van der Waals surface area contributed by atoms with Crippen LogP contribution in [0, 0.1) is 0 Å². The predicted molar refractivity (Wildman–Crippen MR) is 130 cm³/mol. The molecule has 0 spiro atoms. The molecule has 5 rings (SSSR count). The number of hydrogen-bond donors (Lipinski definition) is 1. The summed E-state index contributed by atoms with van der Waals surface area (Å²) >= 11 is 0. The van der Waals surface area contributed by atoms with Gasteiger partial charge in [-0.2, -0.15) is 9.78 Å². The van der Waals surface area contributed by atoms with Crippen molar-refractivity contribution in [3.8, 4) is 5.69 Å². The summed E-state index contributed by atoms with van der Waals surface area (Å²) < 4.78 is 6.55. The van der Waals surface area contributed by atoms with E-state index in [4.69, 9.17) is 4.74 Å². The van der Waals surface area contributed by atoms with Crippen LogP contribution < -0.4 is 5.56 Å². The van der Waals surface area contributed by atoms with Gasteiger partial charge in [0.05, 0.1) is 11.1 Å². The monoisotopic (exact) mass is 451 g/mol. The molecule has 0 saturated heterocycles. The maximum Gasteiger partial charge on any atom is 0.359 e. The van der Waals surface area contributed by atoms with Crippen LogP contribution in [-0.4, -0.2) is 33.1 Å². The molecule has 3 aromatic carbocycles. The molecule has 168 valence electrons. The van der Waals surface area contributed by atoms with Crippen LogP contribution in [0.4, 0.5) is 0 Å². The van der Waals surface area contributed by atoms with Crippen molar-refractivity contribution in [2.45, 2.75) is 13.3 Å². The molecule has 0 bridgehead atoms. The maximum absolute atomic E-state index is 13.0. The number of aromatic nitrogens is 3. The maximum atomic E-state index is 13.0. The zero-order valence-corrected chi connectivity index (χ0v) is 18.4. The Kier molecular flexibility index (Phi) is 5.51. The van der Waals surface area contributed by atoms with E-state index in [0.717, 1.165) is 22.9 Å². The van der Waals surface area contributed by atoms with Crippen LogP contribution in [-0.2, 0) is 11.2 Å². The molecule has 34 heavy (non-hydrogen) atoms. The fraction of sp³-hybridized carbons (Fsp3) is 0.111. The Bertz CT molecular complexity index is 1600. The standard InChI is InChI=1S/C27H21N3O4/c1-2-17-9-8-14-20-22(15-28-24(17)20)23(31)16-34-27(33)25-19-12-6-7-13-21(19)26(32)30(29-25)18-10-4-3-5-11-18/h3-15,28H,2,16H2,1H3. The Morgan fingerprint density at radius 3 is 2.38 bits per heavy atom. The summed E-state index contributed by atoms with van der Waals surface area (Å²) in [6, 6.07) is 21.3. The Morgan fingerprint density at radius 1 is 0.912 bits per heavy atom. The number of carbonyl (C=O) groups is 2. The van der Waals surface area contributed by atoms with Crippen LogP contribution >= 0.6 is 0 Å². The Labute approximate surface area is 194 Å². The van der Waals surface area contributed by atoms with Crippen LogP contribution in [0.25, 0.3) is 27.4 Å². The number of benzene rings is 3. The first kappa shape index (κ1) is 21.3. The highest BCUT2D eigenvalue weighted by molar-refractivity contribution is 6.10. The van der Waals surface area contributed by atoms with Gasteiger partial charge in [0.1, 0.15) is 0 Å². The number of Topliss-reactive ketones (excluding diaryl/α,β-unsaturated/α-hetero) is 1. The first-order chi connectivity index (χ1) is 16.6. The summed E-state index contributed by atoms with van der Waals surface area (Å²) in [5, 5.41) is 5.80. The van der Waals surface area contributed by atoms with E-state index in [9.17, 15) is 14.4 Å². The quantitative estimate of drug-likeness (QED) is 0.304. The number of ketones is 1. The lowest BCUT2D eigenvalue weighted by atomic mass is 10.1. The molecule has 7 heteroatoms. The molecule has 0 saturated carbocycles. The number of aryl methyl sites for hydroxylation is 1. The average Bonchev–Trinajstić information content (AvgIpc) is 3.32. The molecular weight excluding hydrogens is 430 g/mol. The van der Waals surface area contributed by atoms with Crippen LogP contribution in [0.3, 0.4) is 0 Å². The predicted octanol–water partition coefficient (Wildman–Crippen LogP) is 4.47. The van der Waals surface area contributed by atoms with E-state index in [1.807, 2.05) is 31.2 Å². The van der Waals surface area contributed by atoms with E-state index < -0.39 is 12.6 Å². The van der Waals surface area contributed by atoms with Crippen molar-refractivity contribution in [1.82, 2.24) is 14.8 Å². The lowest BCUT2D eigenvalue weighted by molar-refractivity contribution is 0.0469. The minimum Gasteiger partial charge on any atom is -0.452 e. The van der Waals surface area contributed by atoms with E-state index >= 15 is 0 Å². The van der Waals surface area contributed by atoms with Crippen LogP contribution in [0.2, 0.25) is 0 Å². The number of para-hydroxylation sites is 2. The minimum absolute atomic E-state index is 0.0287. The van der Waals surface area contributed by atoms with Gasteiger partial charge in [0.2, 0.25) is 5.78 Å². The molecule has 7 nitrogen and oxygen atoms in total. The number of ether oxygens (including phenoxy) is 1. The van der Waals surface area contributed by atoms with Crippen LogP contribution in [0.15, 0.2) is 83.8 Å². The van der Waals surface area contributed by atoms with Crippen molar-refractivity contribution >= 4 is 33.4 Å². The van der Waals surface area contributed by atoms with E-state index in [1.165, 1.54) is 4.68 Å². The summed E-state index contributed by atoms with van der Waals surface area (Å²) in [4.78, 5) is 42.1. The van der Waals surface area contributed by atoms with Gasteiger partial charge in [-0.05, 0) is 30.2 Å². The van der Waals surface area contributed by atoms with Crippen molar-refractivity contribution in [2.24, 2.45) is 0 Å². The molecule has 0 atom stereocenters. The van der Waals surface area contributed by atoms with Gasteiger partial charge >= 0.3 is 5.97 Å². The van der Waals surface area contributed by atoms with E-state index in [1.54, 1.807) is 54.7 Å². The third-order valence-electron chi connectivity index (χ3n) is 5.82. The van der Waals surface area contributed by atoms with Crippen molar-refractivity contribution in [1.29, 1.82) is 0 Å². The molecule has 2 heterocycles. The van der Waals surface area contributed by atoms with E-state index in [0.29, 0.717) is 22.0 Å². The summed E-state index contributed by atoms with van der Waals surface area (Å²) in [5.41, 5.74) is 2.62.